The molecule has 0 radical (unpaired) electrons. The van der Waals surface area contributed by atoms with E-state index in [0.29, 0.717) is 0 Å². The van der Waals surface area contributed by atoms with Gasteiger partial charge in [0.15, 0.2) is 0 Å². The van der Waals surface area contributed by atoms with Crippen LogP contribution in [0.4, 0.5) is 5.82 Å². The van der Waals surface area contributed by atoms with Gasteiger partial charge in [0.1, 0.15) is 5.82 Å². The van der Waals surface area contributed by atoms with E-state index in [1.807, 2.05) is 12.3 Å². The van der Waals surface area contributed by atoms with Gasteiger partial charge >= 0.3 is 0 Å². The van der Waals surface area contributed by atoms with Crippen LogP contribution < -0.4 is 5.32 Å². The maximum atomic E-state index is 4.34. The highest BCUT2D eigenvalue weighted by molar-refractivity contribution is 9.10. The second kappa shape index (κ2) is 8.52. The Morgan fingerprint density at radius 2 is 1.94 bits per heavy atom. The number of aryl methyl sites for hydroxylation is 1. The highest BCUT2D eigenvalue weighted by atomic mass is 79.9. The van der Waals surface area contributed by atoms with E-state index < -0.39 is 0 Å². The molecule has 0 atom stereocenters. The van der Waals surface area contributed by atoms with Crippen LogP contribution in [0.2, 0.25) is 0 Å². The monoisotopic (exact) mass is 312 g/mol. The van der Waals surface area contributed by atoms with Gasteiger partial charge < -0.3 is 5.32 Å². The van der Waals surface area contributed by atoms with Crippen LogP contribution in [0, 0.1) is 12.8 Å². The number of hydrogen-bond donors (Lipinski definition) is 1. The third-order valence-corrected chi connectivity index (χ3v) is 4.08. The minimum absolute atomic E-state index is 0.843. The molecule has 0 fully saturated rings. The molecule has 0 aliphatic heterocycles. The zero-order valence-electron chi connectivity index (χ0n) is 11.8. The summed E-state index contributed by atoms with van der Waals surface area (Å²) >= 11 is 3.57. The lowest BCUT2D eigenvalue weighted by Crippen LogP contribution is -2.04. The maximum Gasteiger partial charge on any atom is 0.140 e. The number of rotatable bonds is 8. The number of anilines is 1. The minimum Gasteiger partial charge on any atom is -0.369 e. The van der Waals surface area contributed by atoms with Gasteiger partial charge in [-0.3, -0.25) is 0 Å². The fourth-order valence-electron chi connectivity index (χ4n) is 1.90. The summed E-state index contributed by atoms with van der Waals surface area (Å²) in [6, 6.07) is 2.02. The van der Waals surface area contributed by atoms with Crippen LogP contribution in [0.15, 0.2) is 16.7 Å². The number of unbranched alkanes of at least 4 members (excludes halogenated alkanes) is 3. The maximum absolute atomic E-state index is 4.34. The van der Waals surface area contributed by atoms with Crippen molar-refractivity contribution in [1.82, 2.24) is 4.98 Å². The molecule has 0 saturated carbocycles. The van der Waals surface area contributed by atoms with Crippen molar-refractivity contribution in [2.45, 2.75) is 52.9 Å². The highest BCUT2D eigenvalue weighted by Crippen LogP contribution is 2.23. The summed E-state index contributed by atoms with van der Waals surface area (Å²) in [6.07, 6.45) is 8.46. The molecule has 1 rings (SSSR count). The second-order valence-electron chi connectivity index (χ2n) is 5.31. The number of hydrogen-bond acceptors (Lipinski definition) is 2. The van der Waals surface area contributed by atoms with Gasteiger partial charge in [-0.15, -0.1) is 0 Å². The Labute approximate surface area is 120 Å². The van der Waals surface area contributed by atoms with Crippen LogP contribution in [-0.4, -0.2) is 11.5 Å². The Hall–Kier alpha value is -0.570. The van der Waals surface area contributed by atoms with Crippen molar-refractivity contribution in [3.05, 3.63) is 22.3 Å². The van der Waals surface area contributed by atoms with E-state index in [2.05, 4.69) is 47.0 Å². The van der Waals surface area contributed by atoms with E-state index in [1.165, 1.54) is 37.7 Å². The molecule has 0 bridgehead atoms. The third-order valence-electron chi connectivity index (χ3n) is 3.08. The first-order valence-corrected chi connectivity index (χ1v) is 7.75. The highest BCUT2D eigenvalue weighted by Gasteiger charge is 2.02. The van der Waals surface area contributed by atoms with Gasteiger partial charge in [0.2, 0.25) is 0 Å². The smallest absolute Gasteiger partial charge is 0.140 e. The first kappa shape index (κ1) is 15.5. The van der Waals surface area contributed by atoms with Crippen molar-refractivity contribution < 1.29 is 0 Å². The van der Waals surface area contributed by atoms with Crippen molar-refractivity contribution in [1.29, 1.82) is 0 Å². The summed E-state index contributed by atoms with van der Waals surface area (Å²) in [5, 5.41) is 3.40. The van der Waals surface area contributed by atoms with Gasteiger partial charge in [-0.05, 0) is 46.8 Å². The molecule has 1 aromatic rings. The summed E-state index contributed by atoms with van der Waals surface area (Å²) in [4.78, 5) is 4.34. The van der Waals surface area contributed by atoms with Crippen LogP contribution in [0.1, 0.15) is 51.5 Å². The Kier molecular flexibility index (Phi) is 7.33. The Morgan fingerprint density at radius 3 is 2.67 bits per heavy atom. The molecule has 1 aromatic heterocycles. The van der Waals surface area contributed by atoms with Gasteiger partial charge in [-0.1, -0.05) is 39.5 Å². The van der Waals surface area contributed by atoms with E-state index in [1.54, 1.807) is 0 Å². The zero-order chi connectivity index (χ0) is 13.4. The quantitative estimate of drug-likeness (QED) is 0.670. The predicted molar refractivity (Wildman–Crippen MR) is 83.1 cm³/mol. The van der Waals surface area contributed by atoms with Crippen LogP contribution >= 0.6 is 15.9 Å². The second-order valence-corrected chi connectivity index (χ2v) is 6.11. The number of aromatic nitrogens is 1. The predicted octanol–water partition coefficient (Wildman–Crippen LogP) is 5.17. The number of nitrogens with one attached hydrogen (secondary N) is 1. The van der Waals surface area contributed by atoms with E-state index in [-0.39, 0.29) is 0 Å². The average Bonchev–Trinajstić information content (AvgIpc) is 2.32. The van der Waals surface area contributed by atoms with E-state index in [0.717, 1.165) is 22.8 Å². The topological polar surface area (TPSA) is 24.9 Å². The molecule has 0 aromatic carbocycles. The van der Waals surface area contributed by atoms with E-state index in [9.17, 15) is 0 Å². The minimum atomic E-state index is 0.843. The summed E-state index contributed by atoms with van der Waals surface area (Å²) in [7, 11) is 0. The van der Waals surface area contributed by atoms with Crippen LogP contribution in [0.3, 0.4) is 0 Å². The molecule has 102 valence electrons. The average molecular weight is 313 g/mol. The van der Waals surface area contributed by atoms with Crippen LogP contribution in [0.5, 0.6) is 0 Å². The van der Waals surface area contributed by atoms with Crippen molar-refractivity contribution in [3.8, 4) is 0 Å². The van der Waals surface area contributed by atoms with E-state index >= 15 is 0 Å². The molecule has 0 unspecified atom stereocenters. The number of halogens is 1. The molecule has 3 heteroatoms. The molecular formula is C15H25BrN2. The van der Waals surface area contributed by atoms with Crippen LogP contribution in [-0.2, 0) is 0 Å². The summed E-state index contributed by atoms with van der Waals surface area (Å²) in [5.74, 6) is 1.81. The molecule has 0 saturated heterocycles. The normalized spacial score (nSPS) is 10.9. The summed E-state index contributed by atoms with van der Waals surface area (Å²) in [6.45, 7) is 7.69. The molecule has 2 nitrogen and oxygen atoms in total. The zero-order valence-corrected chi connectivity index (χ0v) is 13.4. The van der Waals surface area contributed by atoms with E-state index in [4.69, 9.17) is 0 Å². The first-order valence-electron chi connectivity index (χ1n) is 6.96. The van der Waals surface area contributed by atoms with Crippen molar-refractivity contribution in [2.75, 3.05) is 11.9 Å². The number of pyridine rings is 1. The lowest BCUT2D eigenvalue weighted by Gasteiger charge is -2.09. The fourth-order valence-corrected chi connectivity index (χ4v) is 2.28. The fraction of sp³-hybridized carbons (Fsp3) is 0.667. The molecule has 0 aliphatic rings. The Bertz CT molecular complexity index is 350. The largest absolute Gasteiger partial charge is 0.369 e. The molecular weight excluding hydrogens is 288 g/mol. The summed E-state index contributed by atoms with van der Waals surface area (Å²) < 4.78 is 1.09. The van der Waals surface area contributed by atoms with Gasteiger partial charge in [0, 0.05) is 12.7 Å². The molecule has 18 heavy (non-hydrogen) atoms. The first-order chi connectivity index (χ1) is 8.61. The van der Waals surface area contributed by atoms with Gasteiger partial charge in [0.25, 0.3) is 0 Å². The number of nitrogens with zero attached hydrogens (tertiary/aromatic N) is 1. The lowest BCUT2D eigenvalue weighted by molar-refractivity contribution is 0.523. The van der Waals surface area contributed by atoms with Crippen molar-refractivity contribution in [3.63, 3.8) is 0 Å². The lowest BCUT2D eigenvalue weighted by atomic mass is 10.0. The SMILES string of the molecule is Cc1ccnc(NCCCCCCC(C)C)c1Br. The standard InChI is InChI=1S/C15H25BrN2/c1-12(2)8-6-4-5-7-10-17-15-14(16)13(3)9-11-18-15/h9,11-12H,4-8,10H2,1-3H3,(H,17,18). The summed E-state index contributed by atoms with van der Waals surface area (Å²) in [5.41, 5.74) is 1.23. The van der Waals surface area contributed by atoms with Crippen LogP contribution in [0.25, 0.3) is 0 Å². The van der Waals surface area contributed by atoms with Gasteiger partial charge in [-0.25, -0.2) is 4.98 Å². The molecule has 1 heterocycles. The molecule has 0 aliphatic carbocycles. The molecule has 0 amide bonds. The van der Waals surface area contributed by atoms with Crippen molar-refractivity contribution >= 4 is 21.7 Å². The molecule has 1 N–H and O–H groups in total. The van der Waals surface area contributed by atoms with Crippen molar-refractivity contribution in [2.24, 2.45) is 5.92 Å². The molecule has 0 spiro atoms. The Morgan fingerprint density at radius 1 is 1.22 bits per heavy atom. The van der Waals surface area contributed by atoms with Gasteiger partial charge in [-0.2, -0.15) is 0 Å². The van der Waals surface area contributed by atoms with Gasteiger partial charge in [0.05, 0.1) is 4.47 Å². The third kappa shape index (κ3) is 5.85. The Balaban J connectivity index is 2.13.